The van der Waals surface area contributed by atoms with E-state index in [-0.39, 0.29) is 18.1 Å². The second-order valence-electron chi connectivity index (χ2n) is 4.05. The molecule has 1 aromatic rings. The van der Waals surface area contributed by atoms with Crippen LogP contribution in [-0.2, 0) is 9.59 Å². The number of carboxylic acid groups (broad SMARTS) is 1. The van der Waals surface area contributed by atoms with Gasteiger partial charge in [0.05, 0.1) is 5.92 Å². The third-order valence-corrected chi connectivity index (χ3v) is 3.25. The van der Waals surface area contributed by atoms with Crippen molar-refractivity contribution in [2.45, 2.75) is 18.8 Å². The van der Waals surface area contributed by atoms with Crippen LogP contribution in [0.5, 0.6) is 0 Å². The summed E-state index contributed by atoms with van der Waals surface area (Å²) in [4.78, 5) is 22.3. The van der Waals surface area contributed by atoms with E-state index >= 15 is 0 Å². The molecule has 2 atom stereocenters. The van der Waals surface area contributed by atoms with Gasteiger partial charge in [-0.05, 0) is 17.7 Å². The molecule has 1 saturated carbocycles. The number of ketones is 1. The lowest BCUT2D eigenvalue weighted by molar-refractivity contribution is -0.142. The molecule has 0 spiro atoms. The monoisotopic (exact) mass is 238 g/mol. The van der Waals surface area contributed by atoms with Crippen LogP contribution in [-0.4, -0.2) is 16.9 Å². The minimum absolute atomic E-state index is 0.0207. The van der Waals surface area contributed by atoms with Crippen molar-refractivity contribution in [3.05, 3.63) is 34.9 Å². The quantitative estimate of drug-likeness (QED) is 0.861. The van der Waals surface area contributed by atoms with Gasteiger partial charge in [0.15, 0.2) is 0 Å². The molecule has 0 heterocycles. The zero-order chi connectivity index (χ0) is 11.7. The molecule has 3 nitrogen and oxygen atoms in total. The fourth-order valence-electron chi connectivity index (χ4n) is 2.18. The lowest BCUT2D eigenvalue weighted by Gasteiger charge is -2.14. The maximum Gasteiger partial charge on any atom is 0.307 e. The lowest BCUT2D eigenvalue weighted by atomic mass is 9.89. The number of carbonyl (C=O) groups is 2. The first-order valence-electron chi connectivity index (χ1n) is 5.08. The molecule has 0 saturated heterocycles. The summed E-state index contributed by atoms with van der Waals surface area (Å²) in [5.41, 5.74) is 0.877. The molecule has 1 fully saturated rings. The summed E-state index contributed by atoms with van der Waals surface area (Å²) in [6.45, 7) is 0. The van der Waals surface area contributed by atoms with Gasteiger partial charge in [-0.2, -0.15) is 0 Å². The standard InChI is InChI=1S/C12H11ClO3/c13-8-3-1-7(2-4-8)10-5-9(14)6-11(10)12(15)16/h1-4,10-11H,5-6H2,(H,15,16). The van der Waals surface area contributed by atoms with Crippen molar-refractivity contribution in [3.8, 4) is 0 Å². The third kappa shape index (κ3) is 2.09. The van der Waals surface area contributed by atoms with Crippen molar-refractivity contribution in [1.82, 2.24) is 0 Å². The van der Waals surface area contributed by atoms with Crippen LogP contribution in [0.15, 0.2) is 24.3 Å². The molecule has 1 aliphatic carbocycles. The fourth-order valence-corrected chi connectivity index (χ4v) is 2.30. The molecule has 0 radical (unpaired) electrons. The number of hydrogen-bond acceptors (Lipinski definition) is 2. The second-order valence-corrected chi connectivity index (χ2v) is 4.49. The third-order valence-electron chi connectivity index (χ3n) is 3.00. The first-order chi connectivity index (χ1) is 7.58. The van der Waals surface area contributed by atoms with Crippen LogP contribution in [0.25, 0.3) is 0 Å². The van der Waals surface area contributed by atoms with Crippen LogP contribution in [0.2, 0.25) is 5.02 Å². The highest BCUT2D eigenvalue weighted by Crippen LogP contribution is 2.38. The Hall–Kier alpha value is -1.35. The number of carboxylic acids is 1. The van der Waals surface area contributed by atoms with Gasteiger partial charge in [-0.25, -0.2) is 0 Å². The molecular weight excluding hydrogens is 228 g/mol. The number of halogens is 1. The fraction of sp³-hybridized carbons (Fsp3) is 0.333. The molecule has 0 aliphatic heterocycles. The SMILES string of the molecule is O=C1CC(C(=O)O)C(c2ccc(Cl)cc2)C1. The van der Waals surface area contributed by atoms with Gasteiger partial charge >= 0.3 is 5.97 Å². The number of benzene rings is 1. The van der Waals surface area contributed by atoms with Crippen LogP contribution in [0.3, 0.4) is 0 Å². The van der Waals surface area contributed by atoms with Gasteiger partial charge in [-0.15, -0.1) is 0 Å². The molecule has 16 heavy (non-hydrogen) atoms. The minimum Gasteiger partial charge on any atom is -0.481 e. The van der Waals surface area contributed by atoms with Crippen LogP contribution < -0.4 is 0 Å². The lowest BCUT2D eigenvalue weighted by Crippen LogP contribution is -2.16. The summed E-state index contributed by atoms with van der Waals surface area (Å²) in [5, 5.41) is 9.65. The molecule has 1 N–H and O–H groups in total. The summed E-state index contributed by atoms with van der Waals surface area (Å²) in [7, 11) is 0. The number of hydrogen-bond donors (Lipinski definition) is 1. The van der Waals surface area contributed by atoms with Crippen molar-refractivity contribution in [3.63, 3.8) is 0 Å². The van der Waals surface area contributed by atoms with E-state index < -0.39 is 11.9 Å². The van der Waals surface area contributed by atoms with E-state index in [0.29, 0.717) is 11.4 Å². The Bertz CT molecular complexity index is 424. The van der Waals surface area contributed by atoms with E-state index in [1.165, 1.54) is 0 Å². The van der Waals surface area contributed by atoms with Crippen molar-refractivity contribution in [2.75, 3.05) is 0 Å². The maximum atomic E-state index is 11.3. The van der Waals surface area contributed by atoms with E-state index in [0.717, 1.165) is 5.56 Å². The Morgan fingerprint density at radius 3 is 2.44 bits per heavy atom. The smallest absolute Gasteiger partial charge is 0.307 e. The van der Waals surface area contributed by atoms with Gasteiger partial charge in [0.25, 0.3) is 0 Å². The highest BCUT2D eigenvalue weighted by Gasteiger charge is 2.38. The highest BCUT2D eigenvalue weighted by molar-refractivity contribution is 6.30. The van der Waals surface area contributed by atoms with E-state index in [9.17, 15) is 9.59 Å². The zero-order valence-electron chi connectivity index (χ0n) is 8.52. The number of rotatable bonds is 2. The van der Waals surface area contributed by atoms with E-state index in [1.54, 1.807) is 24.3 Å². The van der Waals surface area contributed by atoms with Crippen LogP contribution >= 0.6 is 11.6 Å². The van der Waals surface area contributed by atoms with Crippen molar-refractivity contribution in [1.29, 1.82) is 0 Å². The van der Waals surface area contributed by atoms with Gasteiger partial charge in [0.1, 0.15) is 5.78 Å². The molecular formula is C12H11ClO3. The van der Waals surface area contributed by atoms with Gasteiger partial charge in [0.2, 0.25) is 0 Å². The van der Waals surface area contributed by atoms with Crippen LogP contribution in [0, 0.1) is 5.92 Å². The van der Waals surface area contributed by atoms with E-state index in [4.69, 9.17) is 16.7 Å². The molecule has 0 amide bonds. The molecule has 2 unspecified atom stereocenters. The second kappa shape index (κ2) is 4.26. The first kappa shape index (κ1) is 11.1. The largest absolute Gasteiger partial charge is 0.481 e. The van der Waals surface area contributed by atoms with Crippen molar-refractivity contribution in [2.24, 2.45) is 5.92 Å². The first-order valence-corrected chi connectivity index (χ1v) is 5.45. The van der Waals surface area contributed by atoms with Gasteiger partial charge in [-0.3, -0.25) is 9.59 Å². The average molecular weight is 239 g/mol. The summed E-state index contributed by atoms with van der Waals surface area (Å²) in [6.07, 6.45) is 0.460. The minimum atomic E-state index is -0.897. The number of Topliss-reactive ketones (excluding diaryl/α,β-unsaturated/α-hetero) is 1. The Kier molecular flexibility index (Phi) is 2.97. The predicted octanol–water partition coefficient (Wildman–Crippen LogP) is 2.49. The maximum absolute atomic E-state index is 11.3. The Morgan fingerprint density at radius 2 is 1.88 bits per heavy atom. The average Bonchev–Trinajstić information content (AvgIpc) is 2.61. The van der Waals surface area contributed by atoms with Crippen LogP contribution in [0.4, 0.5) is 0 Å². The molecule has 0 aromatic heterocycles. The van der Waals surface area contributed by atoms with Gasteiger partial charge < -0.3 is 5.11 Å². The van der Waals surface area contributed by atoms with Gasteiger partial charge in [-0.1, -0.05) is 23.7 Å². The zero-order valence-corrected chi connectivity index (χ0v) is 9.28. The summed E-state index contributed by atoms with van der Waals surface area (Å²) >= 11 is 5.76. The van der Waals surface area contributed by atoms with Crippen LogP contribution in [0.1, 0.15) is 24.3 Å². The molecule has 1 aliphatic rings. The highest BCUT2D eigenvalue weighted by atomic mass is 35.5. The van der Waals surface area contributed by atoms with E-state index in [2.05, 4.69) is 0 Å². The van der Waals surface area contributed by atoms with Gasteiger partial charge in [0, 0.05) is 23.8 Å². The molecule has 4 heteroatoms. The molecule has 84 valence electrons. The number of aliphatic carboxylic acids is 1. The Balaban J connectivity index is 2.28. The van der Waals surface area contributed by atoms with Crippen molar-refractivity contribution >= 4 is 23.4 Å². The summed E-state index contributed by atoms with van der Waals surface area (Å²) in [6, 6.07) is 7.03. The molecule has 0 bridgehead atoms. The summed E-state index contributed by atoms with van der Waals surface area (Å²) < 4.78 is 0. The summed E-state index contributed by atoms with van der Waals surface area (Å²) in [5.74, 6) is -1.67. The number of carbonyl (C=O) groups excluding carboxylic acids is 1. The topological polar surface area (TPSA) is 54.4 Å². The predicted molar refractivity (Wildman–Crippen MR) is 59.6 cm³/mol. The Labute approximate surface area is 98.0 Å². The van der Waals surface area contributed by atoms with Crippen molar-refractivity contribution < 1.29 is 14.7 Å². The molecule has 1 aromatic carbocycles. The Morgan fingerprint density at radius 1 is 1.25 bits per heavy atom. The van der Waals surface area contributed by atoms with E-state index in [1.807, 2.05) is 0 Å². The normalized spacial score (nSPS) is 24.7. The molecule has 2 rings (SSSR count).